The van der Waals surface area contributed by atoms with Crippen molar-refractivity contribution in [3.63, 3.8) is 0 Å². The van der Waals surface area contributed by atoms with Crippen molar-refractivity contribution in [2.75, 3.05) is 0 Å². The predicted octanol–water partition coefficient (Wildman–Crippen LogP) is 2.24. The van der Waals surface area contributed by atoms with E-state index in [1.807, 2.05) is 6.08 Å². The molecule has 0 heterocycles. The van der Waals surface area contributed by atoms with Crippen LogP contribution in [0.2, 0.25) is 0 Å². The van der Waals surface area contributed by atoms with Crippen molar-refractivity contribution >= 4 is 5.91 Å². The summed E-state index contributed by atoms with van der Waals surface area (Å²) in [5, 5.41) is 10.1. The first-order chi connectivity index (χ1) is 7.71. The second kappa shape index (κ2) is 5.21. The first-order valence-corrected chi connectivity index (χ1v) is 6.38. The fraction of sp³-hybridized carbons (Fsp3) is 0.786. The van der Waals surface area contributed by atoms with Crippen LogP contribution < -0.4 is 5.73 Å². The second-order valence-corrected chi connectivity index (χ2v) is 6.32. The zero-order chi connectivity index (χ0) is 13.2. The molecule has 1 aliphatic rings. The molecule has 1 aliphatic carbocycles. The number of amides is 1. The minimum Gasteiger partial charge on any atom is -0.393 e. The highest BCUT2D eigenvalue weighted by Gasteiger charge is 2.34. The number of aliphatic hydroxyl groups is 1. The number of primary amides is 1. The second-order valence-electron chi connectivity index (χ2n) is 6.32. The van der Waals surface area contributed by atoms with Crippen molar-refractivity contribution in [3.05, 3.63) is 11.6 Å². The smallest absolute Gasteiger partial charge is 0.244 e. The standard InChI is InChI=1S/C14H25NO2/c1-9(13(15)17)7-10-5-6-11(8-12(10)16)14(2,3)4/h7,10-12,16H,5-6,8H2,1-4H3,(H2,15,17). The van der Waals surface area contributed by atoms with Crippen molar-refractivity contribution in [1.29, 1.82) is 0 Å². The van der Waals surface area contributed by atoms with Gasteiger partial charge in [0.15, 0.2) is 0 Å². The highest BCUT2D eigenvalue weighted by Crippen LogP contribution is 2.40. The van der Waals surface area contributed by atoms with E-state index in [0.29, 0.717) is 11.5 Å². The van der Waals surface area contributed by atoms with Crippen LogP contribution in [0.1, 0.15) is 47.0 Å². The van der Waals surface area contributed by atoms with Crippen LogP contribution >= 0.6 is 0 Å². The SMILES string of the molecule is CC(=CC1CCC(C(C)(C)C)CC1O)C(N)=O. The van der Waals surface area contributed by atoms with Gasteiger partial charge in [-0.15, -0.1) is 0 Å². The lowest BCUT2D eigenvalue weighted by molar-refractivity contribution is -0.114. The molecule has 0 aliphatic heterocycles. The van der Waals surface area contributed by atoms with E-state index in [0.717, 1.165) is 19.3 Å². The minimum absolute atomic E-state index is 0.0844. The van der Waals surface area contributed by atoms with E-state index < -0.39 is 5.91 Å². The molecule has 3 atom stereocenters. The third-order valence-corrected chi connectivity index (χ3v) is 3.95. The van der Waals surface area contributed by atoms with Crippen LogP contribution in [0.15, 0.2) is 11.6 Å². The monoisotopic (exact) mass is 239 g/mol. The lowest BCUT2D eigenvalue weighted by Gasteiger charge is -2.39. The molecule has 0 saturated heterocycles. The first-order valence-electron chi connectivity index (χ1n) is 6.38. The van der Waals surface area contributed by atoms with Gasteiger partial charge in [-0.3, -0.25) is 4.79 Å². The molecule has 0 aromatic heterocycles. The number of carbonyl (C=O) groups excluding carboxylic acids is 1. The van der Waals surface area contributed by atoms with Gasteiger partial charge in [-0.05, 0) is 37.5 Å². The summed E-state index contributed by atoms with van der Waals surface area (Å²) >= 11 is 0. The van der Waals surface area contributed by atoms with Gasteiger partial charge in [0.1, 0.15) is 0 Å². The molecule has 1 amide bonds. The summed E-state index contributed by atoms with van der Waals surface area (Å²) < 4.78 is 0. The predicted molar refractivity (Wildman–Crippen MR) is 69.2 cm³/mol. The molecular weight excluding hydrogens is 214 g/mol. The molecule has 3 heteroatoms. The molecule has 0 bridgehead atoms. The van der Waals surface area contributed by atoms with Crippen LogP contribution in [-0.4, -0.2) is 17.1 Å². The van der Waals surface area contributed by atoms with Crippen molar-refractivity contribution in [3.8, 4) is 0 Å². The highest BCUT2D eigenvalue weighted by molar-refractivity contribution is 5.91. The molecule has 0 spiro atoms. The van der Waals surface area contributed by atoms with Crippen molar-refractivity contribution in [2.45, 2.75) is 53.1 Å². The lowest BCUT2D eigenvalue weighted by Crippen LogP contribution is -2.34. The Balaban J connectivity index is 2.66. The summed E-state index contributed by atoms with van der Waals surface area (Å²) in [7, 11) is 0. The fourth-order valence-corrected chi connectivity index (χ4v) is 2.55. The lowest BCUT2D eigenvalue weighted by atomic mass is 9.68. The Kier molecular flexibility index (Phi) is 4.36. The molecular formula is C14H25NO2. The zero-order valence-corrected chi connectivity index (χ0v) is 11.4. The molecule has 17 heavy (non-hydrogen) atoms. The molecule has 98 valence electrons. The van der Waals surface area contributed by atoms with E-state index in [1.54, 1.807) is 6.92 Å². The third-order valence-electron chi connectivity index (χ3n) is 3.95. The molecule has 1 rings (SSSR count). The Morgan fingerprint density at radius 1 is 1.35 bits per heavy atom. The van der Waals surface area contributed by atoms with Gasteiger partial charge in [0.2, 0.25) is 5.91 Å². The first kappa shape index (κ1) is 14.2. The summed E-state index contributed by atoms with van der Waals surface area (Å²) in [6.07, 6.45) is 4.35. The van der Waals surface area contributed by atoms with Crippen molar-refractivity contribution in [1.82, 2.24) is 0 Å². The van der Waals surface area contributed by atoms with Crippen LogP contribution in [-0.2, 0) is 4.79 Å². The van der Waals surface area contributed by atoms with Gasteiger partial charge in [0.05, 0.1) is 6.10 Å². The van der Waals surface area contributed by atoms with Gasteiger partial charge < -0.3 is 10.8 Å². The van der Waals surface area contributed by atoms with Crippen LogP contribution in [0.25, 0.3) is 0 Å². The van der Waals surface area contributed by atoms with Crippen molar-refractivity contribution < 1.29 is 9.90 Å². The van der Waals surface area contributed by atoms with E-state index in [4.69, 9.17) is 5.73 Å². The quantitative estimate of drug-likeness (QED) is 0.726. The summed E-state index contributed by atoms with van der Waals surface area (Å²) in [5.74, 6) is 0.243. The Morgan fingerprint density at radius 3 is 2.35 bits per heavy atom. The average molecular weight is 239 g/mol. The van der Waals surface area contributed by atoms with E-state index in [9.17, 15) is 9.90 Å². The number of hydrogen-bond donors (Lipinski definition) is 2. The zero-order valence-electron chi connectivity index (χ0n) is 11.4. The maximum absolute atomic E-state index is 11.0. The third kappa shape index (κ3) is 3.84. The summed E-state index contributed by atoms with van der Waals surface area (Å²) in [4.78, 5) is 11.0. The number of aliphatic hydroxyl groups excluding tert-OH is 1. The fourth-order valence-electron chi connectivity index (χ4n) is 2.55. The Morgan fingerprint density at radius 2 is 1.94 bits per heavy atom. The number of rotatable bonds is 2. The topological polar surface area (TPSA) is 63.3 Å². The van der Waals surface area contributed by atoms with Crippen LogP contribution in [0, 0.1) is 17.3 Å². The summed E-state index contributed by atoms with van der Waals surface area (Å²) in [5.41, 5.74) is 6.01. The van der Waals surface area contributed by atoms with E-state index in [-0.39, 0.29) is 17.4 Å². The number of nitrogens with two attached hydrogens (primary N) is 1. The van der Waals surface area contributed by atoms with E-state index >= 15 is 0 Å². The van der Waals surface area contributed by atoms with Gasteiger partial charge in [-0.1, -0.05) is 26.8 Å². The average Bonchev–Trinajstić information content (AvgIpc) is 2.19. The number of hydrogen-bond acceptors (Lipinski definition) is 2. The molecule has 3 nitrogen and oxygen atoms in total. The van der Waals surface area contributed by atoms with Crippen LogP contribution in [0.5, 0.6) is 0 Å². The molecule has 3 unspecified atom stereocenters. The molecule has 1 fully saturated rings. The minimum atomic E-state index is -0.393. The molecule has 0 radical (unpaired) electrons. The molecule has 0 aromatic rings. The van der Waals surface area contributed by atoms with Crippen LogP contribution in [0.4, 0.5) is 0 Å². The van der Waals surface area contributed by atoms with Gasteiger partial charge in [-0.2, -0.15) is 0 Å². The maximum atomic E-state index is 11.0. The van der Waals surface area contributed by atoms with E-state index in [2.05, 4.69) is 20.8 Å². The van der Waals surface area contributed by atoms with Gasteiger partial charge in [0.25, 0.3) is 0 Å². The normalized spacial score (nSPS) is 31.4. The van der Waals surface area contributed by atoms with Crippen LogP contribution in [0.3, 0.4) is 0 Å². The number of carbonyl (C=O) groups is 1. The molecule has 3 N–H and O–H groups in total. The van der Waals surface area contributed by atoms with Gasteiger partial charge >= 0.3 is 0 Å². The Hall–Kier alpha value is -0.830. The Bertz CT molecular complexity index is 315. The van der Waals surface area contributed by atoms with Crippen molar-refractivity contribution in [2.24, 2.45) is 23.0 Å². The summed E-state index contributed by atoms with van der Waals surface area (Å²) in [6.45, 7) is 8.37. The molecule has 1 saturated carbocycles. The maximum Gasteiger partial charge on any atom is 0.244 e. The highest BCUT2D eigenvalue weighted by atomic mass is 16.3. The van der Waals surface area contributed by atoms with Gasteiger partial charge in [0, 0.05) is 11.5 Å². The molecule has 0 aromatic carbocycles. The summed E-state index contributed by atoms with van der Waals surface area (Å²) in [6, 6.07) is 0. The van der Waals surface area contributed by atoms with Gasteiger partial charge in [-0.25, -0.2) is 0 Å². The van der Waals surface area contributed by atoms with E-state index in [1.165, 1.54) is 0 Å². The Labute approximate surface area is 104 Å². The largest absolute Gasteiger partial charge is 0.393 e.